The quantitative estimate of drug-likeness (QED) is 0.801. The van der Waals surface area contributed by atoms with E-state index in [0.29, 0.717) is 12.5 Å². The molecule has 0 saturated heterocycles. The van der Waals surface area contributed by atoms with E-state index >= 15 is 0 Å². The minimum atomic E-state index is -0.519. The Morgan fingerprint density at radius 2 is 1.75 bits per heavy atom. The lowest BCUT2D eigenvalue weighted by Crippen LogP contribution is -2.48. The van der Waals surface area contributed by atoms with E-state index in [0.717, 1.165) is 12.3 Å². The number of rotatable bonds is 3. The molecule has 2 heteroatoms. The van der Waals surface area contributed by atoms with Crippen molar-refractivity contribution in [3.8, 4) is 0 Å². The third kappa shape index (κ3) is 2.60. The highest BCUT2D eigenvalue weighted by Gasteiger charge is 2.42. The summed E-state index contributed by atoms with van der Waals surface area (Å²) in [5.41, 5.74) is -0.519. The van der Waals surface area contributed by atoms with Crippen LogP contribution >= 0.6 is 0 Å². The van der Waals surface area contributed by atoms with Crippen molar-refractivity contribution in [1.82, 2.24) is 0 Å². The molecule has 0 amide bonds. The zero-order valence-corrected chi connectivity index (χ0v) is 10.6. The van der Waals surface area contributed by atoms with Gasteiger partial charge in [0, 0.05) is 7.11 Å². The zero-order chi connectivity index (χ0) is 11.4. The molecule has 1 N–H and O–H groups in total. The van der Waals surface area contributed by atoms with Crippen molar-refractivity contribution in [2.45, 2.75) is 63.4 Å². The second-order valence-corrected chi connectivity index (χ2v) is 5.79. The zero-order valence-electron chi connectivity index (χ0n) is 10.6. The average Bonchev–Trinajstić information content (AvgIpc) is 2.31. The van der Waals surface area contributed by atoms with Gasteiger partial charge in [-0.05, 0) is 24.7 Å². The molecule has 94 valence electrons. The van der Waals surface area contributed by atoms with Gasteiger partial charge in [-0.25, -0.2) is 0 Å². The molecule has 2 nitrogen and oxygen atoms in total. The molecule has 2 unspecified atom stereocenters. The summed E-state index contributed by atoms with van der Waals surface area (Å²) in [7, 11) is 1.71. The van der Waals surface area contributed by atoms with Crippen molar-refractivity contribution >= 4 is 0 Å². The largest absolute Gasteiger partial charge is 0.387 e. The summed E-state index contributed by atoms with van der Waals surface area (Å²) >= 11 is 0. The van der Waals surface area contributed by atoms with Crippen LogP contribution in [-0.2, 0) is 4.74 Å². The van der Waals surface area contributed by atoms with Gasteiger partial charge < -0.3 is 9.84 Å². The SMILES string of the molecule is COCC1(O)CCCCC1C1CCCCC1. The van der Waals surface area contributed by atoms with Gasteiger partial charge in [-0.3, -0.25) is 0 Å². The molecule has 2 saturated carbocycles. The number of hydrogen-bond donors (Lipinski definition) is 1. The van der Waals surface area contributed by atoms with Crippen LogP contribution in [0, 0.1) is 11.8 Å². The van der Waals surface area contributed by atoms with Crippen molar-refractivity contribution in [3.05, 3.63) is 0 Å². The molecule has 2 fully saturated rings. The van der Waals surface area contributed by atoms with Gasteiger partial charge in [0.05, 0.1) is 12.2 Å². The molecule has 0 aromatic rings. The Balaban J connectivity index is 2.02. The maximum Gasteiger partial charge on any atom is 0.0910 e. The predicted octanol–water partition coefficient (Wildman–Crippen LogP) is 3.13. The third-order valence-corrected chi connectivity index (χ3v) is 4.68. The maximum atomic E-state index is 10.8. The van der Waals surface area contributed by atoms with Crippen LogP contribution in [0.2, 0.25) is 0 Å². The molecular formula is C14H26O2. The highest BCUT2D eigenvalue weighted by Crippen LogP contribution is 2.43. The fourth-order valence-electron chi connectivity index (χ4n) is 3.89. The number of methoxy groups -OCH3 is 1. The lowest BCUT2D eigenvalue weighted by atomic mass is 9.66. The minimum absolute atomic E-state index is 0.501. The summed E-state index contributed by atoms with van der Waals surface area (Å²) in [4.78, 5) is 0. The second-order valence-electron chi connectivity index (χ2n) is 5.79. The molecule has 2 aliphatic rings. The summed E-state index contributed by atoms with van der Waals surface area (Å²) in [5.74, 6) is 1.26. The van der Waals surface area contributed by atoms with Crippen LogP contribution in [0.15, 0.2) is 0 Å². The normalized spacial score (nSPS) is 37.5. The highest BCUT2D eigenvalue weighted by molar-refractivity contribution is 4.94. The van der Waals surface area contributed by atoms with E-state index in [1.54, 1.807) is 7.11 Å². The van der Waals surface area contributed by atoms with Gasteiger partial charge in [-0.15, -0.1) is 0 Å². The second kappa shape index (κ2) is 5.50. The first-order valence-corrected chi connectivity index (χ1v) is 6.97. The summed E-state index contributed by atoms with van der Waals surface area (Å²) in [6.45, 7) is 0.536. The maximum absolute atomic E-state index is 10.8. The molecule has 0 spiro atoms. The van der Waals surface area contributed by atoms with Crippen LogP contribution in [0.1, 0.15) is 57.8 Å². The summed E-state index contributed by atoms with van der Waals surface area (Å²) in [6, 6.07) is 0. The predicted molar refractivity (Wildman–Crippen MR) is 65.4 cm³/mol. The Kier molecular flexibility index (Phi) is 4.26. The topological polar surface area (TPSA) is 29.5 Å². The molecular weight excluding hydrogens is 200 g/mol. The van der Waals surface area contributed by atoms with E-state index in [1.165, 1.54) is 51.4 Å². The smallest absolute Gasteiger partial charge is 0.0910 e. The first kappa shape index (κ1) is 12.4. The third-order valence-electron chi connectivity index (χ3n) is 4.68. The molecule has 2 rings (SSSR count). The Labute approximate surface area is 99.4 Å². The molecule has 0 heterocycles. The fraction of sp³-hybridized carbons (Fsp3) is 1.00. The fourth-order valence-corrected chi connectivity index (χ4v) is 3.89. The molecule has 2 aliphatic carbocycles. The minimum Gasteiger partial charge on any atom is -0.387 e. The highest BCUT2D eigenvalue weighted by atomic mass is 16.5. The number of hydrogen-bond acceptors (Lipinski definition) is 2. The Morgan fingerprint density at radius 3 is 2.44 bits per heavy atom. The summed E-state index contributed by atoms with van der Waals surface area (Å²) < 4.78 is 5.26. The van der Waals surface area contributed by atoms with Gasteiger partial charge in [0.15, 0.2) is 0 Å². The molecule has 0 bridgehead atoms. The Bertz CT molecular complexity index is 207. The van der Waals surface area contributed by atoms with E-state index in [-0.39, 0.29) is 0 Å². The lowest BCUT2D eigenvalue weighted by molar-refractivity contribution is -0.117. The van der Waals surface area contributed by atoms with Crippen LogP contribution in [0.3, 0.4) is 0 Å². The average molecular weight is 226 g/mol. The van der Waals surface area contributed by atoms with Gasteiger partial charge in [0.2, 0.25) is 0 Å². The van der Waals surface area contributed by atoms with Crippen LogP contribution in [-0.4, -0.2) is 24.4 Å². The van der Waals surface area contributed by atoms with Crippen molar-refractivity contribution in [2.24, 2.45) is 11.8 Å². The first-order chi connectivity index (χ1) is 7.76. The van der Waals surface area contributed by atoms with Crippen molar-refractivity contribution in [1.29, 1.82) is 0 Å². The Hall–Kier alpha value is -0.0800. The van der Waals surface area contributed by atoms with E-state index < -0.39 is 5.60 Å². The van der Waals surface area contributed by atoms with Crippen LogP contribution in [0.5, 0.6) is 0 Å². The van der Waals surface area contributed by atoms with Crippen LogP contribution in [0.25, 0.3) is 0 Å². The first-order valence-electron chi connectivity index (χ1n) is 6.97. The molecule has 16 heavy (non-hydrogen) atoms. The van der Waals surface area contributed by atoms with E-state index in [2.05, 4.69) is 0 Å². The van der Waals surface area contributed by atoms with Gasteiger partial charge in [0.25, 0.3) is 0 Å². The van der Waals surface area contributed by atoms with E-state index in [9.17, 15) is 5.11 Å². The van der Waals surface area contributed by atoms with E-state index in [1.807, 2.05) is 0 Å². The summed E-state index contributed by atoms with van der Waals surface area (Å²) in [5, 5.41) is 10.8. The van der Waals surface area contributed by atoms with Crippen molar-refractivity contribution < 1.29 is 9.84 Å². The van der Waals surface area contributed by atoms with Gasteiger partial charge >= 0.3 is 0 Å². The lowest BCUT2D eigenvalue weighted by Gasteiger charge is -2.44. The van der Waals surface area contributed by atoms with Crippen LogP contribution in [0.4, 0.5) is 0 Å². The number of ether oxygens (including phenoxy) is 1. The monoisotopic (exact) mass is 226 g/mol. The molecule has 0 radical (unpaired) electrons. The van der Waals surface area contributed by atoms with E-state index in [4.69, 9.17) is 4.74 Å². The molecule has 0 aliphatic heterocycles. The summed E-state index contributed by atoms with van der Waals surface area (Å²) in [6.07, 6.45) is 11.4. The van der Waals surface area contributed by atoms with Crippen molar-refractivity contribution in [2.75, 3.05) is 13.7 Å². The standard InChI is InChI=1S/C14H26O2/c1-16-11-14(15)10-6-5-9-13(14)12-7-3-2-4-8-12/h12-13,15H,2-11H2,1H3. The Morgan fingerprint density at radius 1 is 1.06 bits per heavy atom. The molecule has 0 aromatic heterocycles. The molecule has 0 aromatic carbocycles. The van der Waals surface area contributed by atoms with Gasteiger partial charge in [0.1, 0.15) is 0 Å². The van der Waals surface area contributed by atoms with Crippen molar-refractivity contribution in [3.63, 3.8) is 0 Å². The molecule has 2 atom stereocenters. The van der Waals surface area contributed by atoms with Gasteiger partial charge in [-0.2, -0.15) is 0 Å². The van der Waals surface area contributed by atoms with Gasteiger partial charge in [-0.1, -0.05) is 44.9 Å². The number of aliphatic hydroxyl groups is 1. The van der Waals surface area contributed by atoms with Crippen LogP contribution < -0.4 is 0 Å².